The van der Waals surface area contributed by atoms with E-state index in [-0.39, 0.29) is 0 Å². The smallest absolute Gasteiger partial charge is 0.119 e. The number of hydrogen-bond acceptors (Lipinski definition) is 3. The fraction of sp³-hybridized carbons (Fsp3) is 0.625. The van der Waals surface area contributed by atoms with Gasteiger partial charge in [0.05, 0.1) is 0 Å². The minimum Gasteiger partial charge on any atom is -0.492 e. The molecule has 1 aliphatic rings. The van der Waals surface area contributed by atoms with Crippen LogP contribution >= 0.6 is 15.9 Å². The molecule has 1 fully saturated rings. The Balaban J connectivity index is 1.73. The molecule has 1 saturated heterocycles. The molecule has 0 amide bonds. The van der Waals surface area contributed by atoms with Crippen LogP contribution in [0.4, 0.5) is 0 Å². The van der Waals surface area contributed by atoms with Gasteiger partial charge in [0.2, 0.25) is 0 Å². The second-order valence-corrected chi connectivity index (χ2v) is 6.31. The molecule has 0 saturated carbocycles. The number of nitrogens with one attached hydrogen (secondary N) is 1. The predicted octanol–water partition coefficient (Wildman–Crippen LogP) is 3.29. The maximum atomic E-state index is 5.82. The van der Waals surface area contributed by atoms with Crippen molar-refractivity contribution in [1.29, 1.82) is 0 Å². The maximum absolute atomic E-state index is 5.82. The van der Waals surface area contributed by atoms with E-state index in [9.17, 15) is 0 Å². The van der Waals surface area contributed by atoms with E-state index < -0.39 is 0 Å². The largest absolute Gasteiger partial charge is 0.492 e. The van der Waals surface area contributed by atoms with E-state index >= 15 is 0 Å². The van der Waals surface area contributed by atoms with Crippen LogP contribution in [0.25, 0.3) is 0 Å². The van der Waals surface area contributed by atoms with Gasteiger partial charge in [0, 0.05) is 23.6 Å². The van der Waals surface area contributed by atoms with E-state index in [1.54, 1.807) is 0 Å². The standard InChI is InChI=1S/C16H25BrN2O/c1-2-4-15-13-19(10-3-9-18-15)11-12-20-16-7-5-14(17)6-8-16/h5-8,15,18H,2-4,9-13H2,1H3. The number of ether oxygens (including phenoxy) is 1. The molecule has 1 aromatic carbocycles. The summed E-state index contributed by atoms with van der Waals surface area (Å²) in [6, 6.07) is 8.70. The van der Waals surface area contributed by atoms with Gasteiger partial charge in [-0.3, -0.25) is 4.90 Å². The van der Waals surface area contributed by atoms with Crippen LogP contribution in [0.1, 0.15) is 26.2 Å². The monoisotopic (exact) mass is 340 g/mol. The van der Waals surface area contributed by atoms with Gasteiger partial charge in [0.15, 0.2) is 0 Å². The summed E-state index contributed by atoms with van der Waals surface area (Å²) in [4.78, 5) is 2.53. The summed E-state index contributed by atoms with van der Waals surface area (Å²) in [6.07, 6.45) is 3.75. The van der Waals surface area contributed by atoms with Gasteiger partial charge < -0.3 is 10.1 Å². The Morgan fingerprint density at radius 3 is 2.90 bits per heavy atom. The van der Waals surface area contributed by atoms with Crippen molar-refractivity contribution in [2.24, 2.45) is 0 Å². The van der Waals surface area contributed by atoms with E-state index in [4.69, 9.17) is 4.74 Å². The van der Waals surface area contributed by atoms with Crippen LogP contribution < -0.4 is 10.1 Å². The van der Waals surface area contributed by atoms with E-state index in [2.05, 4.69) is 33.1 Å². The van der Waals surface area contributed by atoms with Gasteiger partial charge in [-0.2, -0.15) is 0 Å². The molecule has 112 valence electrons. The highest BCUT2D eigenvalue weighted by molar-refractivity contribution is 9.10. The summed E-state index contributed by atoms with van der Waals surface area (Å²) in [7, 11) is 0. The minimum atomic E-state index is 0.648. The van der Waals surface area contributed by atoms with Gasteiger partial charge in [-0.1, -0.05) is 29.3 Å². The topological polar surface area (TPSA) is 24.5 Å². The summed E-state index contributed by atoms with van der Waals surface area (Å²) in [5, 5.41) is 3.64. The lowest BCUT2D eigenvalue weighted by atomic mass is 10.1. The molecule has 2 rings (SSSR count). The molecule has 0 aliphatic carbocycles. The van der Waals surface area contributed by atoms with Crippen molar-refractivity contribution < 1.29 is 4.74 Å². The molecule has 0 radical (unpaired) electrons. The Labute approximate surface area is 130 Å². The molecular formula is C16H25BrN2O. The summed E-state index contributed by atoms with van der Waals surface area (Å²) in [5.41, 5.74) is 0. The van der Waals surface area contributed by atoms with Gasteiger partial charge in [0.1, 0.15) is 12.4 Å². The Morgan fingerprint density at radius 1 is 1.35 bits per heavy atom. The molecular weight excluding hydrogens is 316 g/mol. The first-order valence-electron chi connectivity index (χ1n) is 7.62. The summed E-state index contributed by atoms with van der Waals surface area (Å²) in [5.74, 6) is 0.950. The maximum Gasteiger partial charge on any atom is 0.119 e. The van der Waals surface area contributed by atoms with Crippen LogP contribution in [0.5, 0.6) is 5.75 Å². The summed E-state index contributed by atoms with van der Waals surface area (Å²) in [6.45, 7) is 7.51. The lowest BCUT2D eigenvalue weighted by molar-refractivity contribution is 0.204. The highest BCUT2D eigenvalue weighted by Crippen LogP contribution is 2.16. The zero-order valence-electron chi connectivity index (χ0n) is 12.3. The molecule has 0 spiro atoms. The predicted molar refractivity (Wildman–Crippen MR) is 87.4 cm³/mol. The molecule has 1 unspecified atom stereocenters. The molecule has 3 nitrogen and oxygen atoms in total. The fourth-order valence-electron chi connectivity index (χ4n) is 2.64. The van der Waals surface area contributed by atoms with E-state index in [1.807, 2.05) is 24.3 Å². The van der Waals surface area contributed by atoms with Crippen LogP contribution in [-0.4, -0.2) is 43.7 Å². The van der Waals surface area contributed by atoms with Crippen molar-refractivity contribution in [3.63, 3.8) is 0 Å². The van der Waals surface area contributed by atoms with Crippen LogP contribution in [0.3, 0.4) is 0 Å². The number of rotatable bonds is 6. The molecule has 0 bridgehead atoms. The zero-order chi connectivity index (χ0) is 14.2. The van der Waals surface area contributed by atoms with Gasteiger partial charge in [-0.15, -0.1) is 0 Å². The minimum absolute atomic E-state index is 0.648. The lowest BCUT2D eigenvalue weighted by Gasteiger charge is -2.24. The van der Waals surface area contributed by atoms with E-state index in [0.29, 0.717) is 6.04 Å². The van der Waals surface area contributed by atoms with E-state index in [0.717, 1.165) is 36.5 Å². The van der Waals surface area contributed by atoms with E-state index in [1.165, 1.54) is 25.8 Å². The van der Waals surface area contributed by atoms with Gasteiger partial charge >= 0.3 is 0 Å². The quantitative estimate of drug-likeness (QED) is 0.859. The SMILES string of the molecule is CCCC1CN(CCOc2ccc(Br)cc2)CCCN1. The molecule has 0 aromatic heterocycles. The first kappa shape index (κ1) is 15.8. The molecule has 1 atom stereocenters. The molecule has 4 heteroatoms. The van der Waals surface area contributed by atoms with Crippen molar-refractivity contribution in [1.82, 2.24) is 10.2 Å². The van der Waals surface area contributed by atoms with Gasteiger partial charge in [0.25, 0.3) is 0 Å². The second kappa shape index (κ2) is 8.65. The normalized spacial score (nSPS) is 20.6. The van der Waals surface area contributed by atoms with Crippen molar-refractivity contribution in [2.75, 3.05) is 32.8 Å². The van der Waals surface area contributed by atoms with Crippen molar-refractivity contribution >= 4 is 15.9 Å². The highest BCUT2D eigenvalue weighted by Gasteiger charge is 2.16. The summed E-state index contributed by atoms with van der Waals surface area (Å²) >= 11 is 3.44. The Hall–Kier alpha value is -0.580. The second-order valence-electron chi connectivity index (χ2n) is 5.40. The number of halogens is 1. The van der Waals surface area contributed by atoms with Crippen LogP contribution in [0, 0.1) is 0 Å². The van der Waals surface area contributed by atoms with Gasteiger partial charge in [-0.25, -0.2) is 0 Å². The van der Waals surface area contributed by atoms with Gasteiger partial charge in [-0.05, 0) is 50.2 Å². The molecule has 1 aliphatic heterocycles. The van der Waals surface area contributed by atoms with Crippen molar-refractivity contribution in [3.8, 4) is 5.75 Å². The number of hydrogen-bond donors (Lipinski definition) is 1. The zero-order valence-corrected chi connectivity index (χ0v) is 13.9. The van der Waals surface area contributed by atoms with Crippen molar-refractivity contribution in [3.05, 3.63) is 28.7 Å². The average Bonchev–Trinajstić information content (AvgIpc) is 2.67. The Morgan fingerprint density at radius 2 is 2.15 bits per heavy atom. The highest BCUT2D eigenvalue weighted by atomic mass is 79.9. The van der Waals surface area contributed by atoms with Crippen molar-refractivity contribution in [2.45, 2.75) is 32.2 Å². The Bertz CT molecular complexity index is 383. The molecule has 1 N–H and O–H groups in total. The number of nitrogens with zero attached hydrogens (tertiary/aromatic N) is 1. The third-order valence-corrected chi connectivity index (χ3v) is 4.22. The van der Waals surface area contributed by atoms with Crippen LogP contribution in [0.15, 0.2) is 28.7 Å². The number of benzene rings is 1. The molecule has 1 aromatic rings. The first-order chi connectivity index (χ1) is 9.78. The third-order valence-electron chi connectivity index (χ3n) is 3.69. The summed E-state index contributed by atoms with van der Waals surface area (Å²) < 4.78 is 6.91. The van der Waals surface area contributed by atoms with Crippen LogP contribution in [-0.2, 0) is 0 Å². The molecule has 20 heavy (non-hydrogen) atoms. The average molecular weight is 341 g/mol. The third kappa shape index (κ3) is 5.43. The fourth-order valence-corrected chi connectivity index (χ4v) is 2.91. The molecule has 1 heterocycles. The lowest BCUT2D eigenvalue weighted by Crippen LogP contribution is -2.39. The Kier molecular flexibility index (Phi) is 6.83. The van der Waals surface area contributed by atoms with Crippen LogP contribution in [0.2, 0.25) is 0 Å². The first-order valence-corrected chi connectivity index (χ1v) is 8.41.